The monoisotopic (exact) mass is 276 g/mol. The summed E-state index contributed by atoms with van der Waals surface area (Å²) in [5.41, 5.74) is 0.145. The van der Waals surface area contributed by atoms with Gasteiger partial charge >= 0.3 is 5.97 Å². The van der Waals surface area contributed by atoms with Gasteiger partial charge in [0, 0.05) is 23.2 Å². The average molecular weight is 276 g/mol. The predicted octanol–water partition coefficient (Wildman–Crippen LogP) is 2.84. The van der Waals surface area contributed by atoms with Gasteiger partial charge in [0.2, 0.25) is 0 Å². The van der Waals surface area contributed by atoms with E-state index in [0.717, 1.165) is 4.90 Å². The van der Waals surface area contributed by atoms with Gasteiger partial charge in [-0.15, -0.1) is 0 Å². The second-order valence-electron chi connectivity index (χ2n) is 3.54. The van der Waals surface area contributed by atoms with Crippen LogP contribution in [0.1, 0.15) is 10.4 Å². The molecule has 1 heterocycles. The first-order valence-electron chi connectivity index (χ1n) is 5.18. The number of nitro groups is 1. The van der Waals surface area contributed by atoms with E-state index in [4.69, 9.17) is 5.11 Å². The van der Waals surface area contributed by atoms with Gasteiger partial charge in [-0.25, -0.2) is 9.78 Å². The highest BCUT2D eigenvalue weighted by molar-refractivity contribution is 7.99. The normalized spacial score (nSPS) is 10.1. The van der Waals surface area contributed by atoms with Gasteiger partial charge in [-0.3, -0.25) is 10.1 Å². The molecule has 2 aromatic rings. The van der Waals surface area contributed by atoms with E-state index in [1.165, 1.54) is 36.2 Å². The number of rotatable bonds is 4. The molecule has 0 aliphatic heterocycles. The largest absolute Gasteiger partial charge is 0.478 e. The fraction of sp³-hybridized carbons (Fsp3) is 0. The van der Waals surface area contributed by atoms with E-state index in [0.29, 0.717) is 5.03 Å². The Morgan fingerprint density at radius 2 is 1.89 bits per heavy atom. The second kappa shape index (κ2) is 5.49. The molecule has 0 amide bonds. The summed E-state index contributed by atoms with van der Waals surface area (Å²) in [6.07, 6.45) is 1.27. The molecule has 19 heavy (non-hydrogen) atoms. The number of nitrogens with zero attached hydrogens (tertiary/aromatic N) is 2. The van der Waals surface area contributed by atoms with Crippen molar-refractivity contribution in [3.05, 3.63) is 58.3 Å². The molecule has 0 aliphatic rings. The Morgan fingerprint density at radius 3 is 2.37 bits per heavy atom. The lowest BCUT2D eigenvalue weighted by molar-refractivity contribution is -0.384. The number of aromatic nitrogens is 1. The molecule has 2 rings (SSSR count). The summed E-state index contributed by atoms with van der Waals surface area (Å²) in [6, 6.07) is 9.12. The lowest BCUT2D eigenvalue weighted by Gasteiger charge is -2.01. The smallest absolute Gasteiger partial charge is 0.337 e. The summed E-state index contributed by atoms with van der Waals surface area (Å²) in [5.74, 6) is -1.03. The fourth-order valence-corrected chi connectivity index (χ4v) is 2.08. The van der Waals surface area contributed by atoms with Gasteiger partial charge in [0.05, 0.1) is 10.5 Å². The molecule has 0 fully saturated rings. The highest BCUT2D eigenvalue weighted by Gasteiger charge is 2.06. The zero-order chi connectivity index (χ0) is 13.8. The van der Waals surface area contributed by atoms with Gasteiger partial charge < -0.3 is 5.11 Å². The molecule has 6 nitrogen and oxygen atoms in total. The average Bonchev–Trinajstić information content (AvgIpc) is 2.40. The SMILES string of the molecule is O=C(O)c1ccc(Sc2ccc([N+](=O)[O-])cc2)nc1. The summed E-state index contributed by atoms with van der Waals surface area (Å²) in [4.78, 5) is 25.5. The summed E-state index contributed by atoms with van der Waals surface area (Å²) < 4.78 is 0. The van der Waals surface area contributed by atoms with E-state index in [-0.39, 0.29) is 11.3 Å². The Morgan fingerprint density at radius 1 is 1.21 bits per heavy atom. The summed E-state index contributed by atoms with van der Waals surface area (Å²) >= 11 is 1.30. The number of hydrogen-bond donors (Lipinski definition) is 1. The van der Waals surface area contributed by atoms with E-state index in [1.54, 1.807) is 18.2 Å². The van der Waals surface area contributed by atoms with Crippen molar-refractivity contribution in [1.82, 2.24) is 4.98 Å². The molecule has 96 valence electrons. The molecule has 0 saturated heterocycles. The van der Waals surface area contributed by atoms with Crippen LogP contribution in [0.25, 0.3) is 0 Å². The van der Waals surface area contributed by atoms with Crippen LogP contribution in [0.3, 0.4) is 0 Å². The Balaban J connectivity index is 2.12. The summed E-state index contributed by atoms with van der Waals surface area (Å²) in [7, 11) is 0. The lowest BCUT2D eigenvalue weighted by atomic mass is 10.3. The number of carbonyl (C=O) groups is 1. The highest BCUT2D eigenvalue weighted by Crippen LogP contribution is 2.27. The van der Waals surface area contributed by atoms with Crippen molar-refractivity contribution < 1.29 is 14.8 Å². The third-order valence-electron chi connectivity index (χ3n) is 2.25. The number of non-ortho nitro benzene ring substituents is 1. The van der Waals surface area contributed by atoms with Crippen molar-refractivity contribution in [2.75, 3.05) is 0 Å². The molecule has 1 N–H and O–H groups in total. The van der Waals surface area contributed by atoms with Gasteiger partial charge in [0.15, 0.2) is 0 Å². The molecular weight excluding hydrogens is 268 g/mol. The lowest BCUT2D eigenvalue weighted by Crippen LogP contribution is -1.96. The van der Waals surface area contributed by atoms with E-state index in [2.05, 4.69) is 4.98 Å². The van der Waals surface area contributed by atoms with Crippen LogP contribution in [0.2, 0.25) is 0 Å². The minimum absolute atomic E-state index is 0.0264. The number of aromatic carboxylic acids is 1. The number of hydrogen-bond acceptors (Lipinski definition) is 5. The van der Waals surface area contributed by atoms with Crippen molar-refractivity contribution in [3.63, 3.8) is 0 Å². The maximum absolute atomic E-state index is 10.7. The van der Waals surface area contributed by atoms with Crippen LogP contribution < -0.4 is 0 Å². The van der Waals surface area contributed by atoms with Crippen molar-refractivity contribution in [2.45, 2.75) is 9.92 Å². The standard InChI is InChI=1S/C12H8N2O4S/c15-12(16)8-1-6-11(13-7-8)19-10-4-2-9(3-5-10)14(17)18/h1-7H,(H,15,16). The first-order chi connectivity index (χ1) is 9.06. The third kappa shape index (κ3) is 3.29. The quantitative estimate of drug-likeness (QED) is 0.681. The van der Waals surface area contributed by atoms with E-state index < -0.39 is 10.9 Å². The number of carboxylic acids is 1. The van der Waals surface area contributed by atoms with Gasteiger partial charge in [0.25, 0.3) is 5.69 Å². The van der Waals surface area contributed by atoms with Gasteiger partial charge in [-0.2, -0.15) is 0 Å². The van der Waals surface area contributed by atoms with Crippen molar-refractivity contribution >= 4 is 23.4 Å². The zero-order valence-corrected chi connectivity index (χ0v) is 10.3. The third-order valence-corrected chi connectivity index (χ3v) is 3.21. The molecule has 1 aromatic carbocycles. The van der Waals surface area contributed by atoms with E-state index in [1.807, 2.05) is 0 Å². The molecule has 0 saturated carbocycles. The molecule has 1 aromatic heterocycles. The minimum Gasteiger partial charge on any atom is -0.478 e. The van der Waals surface area contributed by atoms with Crippen molar-refractivity contribution in [2.24, 2.45) is 0 Å². The molecular formula is C12H8N2O4S. The van der Waals surface area contributed by atoms with Crippen LogP contribution in [0.15, 0.2) is 52.5 Å². The number of pyridine rings is 1. The number of nitro benzene ring substituents is 1. The van der Waals surface area contributed by atoms with Crippen LogP contribution in [-0.4, -0.2) is 21.0 Å². The van der Waals surface area contributed by atoms with Crippen molar-refractivity contribution in [1.29, 1.82) is 0 Å². The zero-order valence-electron chi connectivity index (χ0n) is 9.52. The molecule has 0 atom stereocenters. The molecule has 0 bridgehead atoms. The Kier molecular flexibility index (Phi) is 3.76. The second-order valence-corrected chi connectivity index (χ2v) is 4.64. The topological polar surface area (TPSA) is 93.3 Å². The highest BCUT2D eigenvalue weighted by atomic mass is 32.2. The molecule has 0 aliphatic carbocycles. The van der Waals surface area contributed by atoms with Crippen LogP contribution in [-0.2, 0) is 0 Å². The van der Waals surface area contributed by atoms with Gasteiger partial charge in [-0.1, -0.05) is 11.8 Å². The molecule has 0 radical (unpaired) electrons. The molecule has 0 spiro atoms. The minimum atomic E-state index is -1.03. The van der Waals surface area contributed by atoms with Crippen LogP contribution in [0, 0.1) is 10.1 Å². The van der Waals surface area contributed by atoms with Gasteiger partial charge in [-0.05, 0) is 24.3 Å². The fourth-order valence-electron chi connectivity index (χ4n) is 1.32. The van der Waals surface area contributed by atoms with Crippen molar-refractivity contribution in [3.8, 4) is 0 Å². The maximum Gasteiger partial charge on any atom is 0.337 e. The maximum atomic E-state index is 10.7. The predicted molar refractivity (Wildman–Crippen MR) is 68.4 cm³/mol. The first kappa shape index (κ1) is 13.0. The number of benzene rings is 1. The van der Waals surface area contributed by atoms with Crippen LogP contribution in [0.4, 0.5) is 5.69 Å². The van der Waals surface area contributed by atoms with Crippen LogP contribution >= 0.6 is 11.8 Å². The Labute approximate surface area is 112 Å². The summed E-state index contributed by atoms with van der Waals surface area (Å²) in [5, 5.41) is 19.9. The number of carboxylic acid groups (broad SMARTS) is 1. The first-order valence-corrected chi connectivity index (χ1v) is 5.99. The molecule has 0 unspecified atom stereocenters. The molecule has 7 heteroatoms. The van der Waals surface area contributed by atoms with Crippen LogP contribution in [0.5, 0.6) is 0 Å². The van der Waals surface area contributed by atoms with E-state index in [9.17, 15) is 14.9 Å². The Hall–Kier alpha value is -2.41. The Bertz CT molecular complexity index is 555. The van der Waals surface area contributed by atoms with E-state index >= 15 is 0 Å². The summed E-state index contributed by atoms with van der Waals surface area (Å²) in [6.45, 7) is 0. The van der Waals surface area contributed by atoms with Gasteiger partial charge in [0.1, 0.15) is 5.03 Å².